The molecule has 0 heterocycles. The number of carboxylic acid groups (broad SMARTS) is 1. The molecule has 1 unspecified atom stereocenters. The molecule has 7 heteroatoms. The molecular weight excluding hydrogens is 284 g/mol. The summed E-state index contributed by atoms with van der Waals surface area (Å²) in [7, 11) is 1.50. The smallest absolute Gasteiger partial charge is 0.317 e. The van der Waals surface area contributed by atoms with Gasteiger partial charge in [0.2, 0.25) is 5.91 Å². The van der Waals surface area contributed by atoms with Gasteiger partial charge in [-0.15, -0.1) is 23.5 Å². The zero-order valence-corrected chi connectivity index (χ0v) is 13.2. The molecule has 1 atom stereocenters. The van der Waals surface area contributed by atoms with Gasteiger partial charge >= 0.3 is 5.97 Å². The first-order chi connectivity index (χ1) is 8.86. The van der Waals surface area contributed by atoms with E-state index in [1.165, 1.54) is 30.6 Å². The van der Waals surface area contributed by atoms with Crippen molar-refractivity contribution >= 4 is 40.4 Å². The van der Waals surface area contributed by atoms with E-state index in [1.807, 2.05) is 13.8 Å². The van der Waals surface area contributed by atoms with Crippen molar-refractivity contribution in [2.45, 2.75) is 43.6 Å². The molecule has 0 saturated carbocycles. The van der Waals surface area contributed by atoms with Crippen molar-refractivity contribution in [3.8, 4) is 0 Å². The number of hydrogen-bond donors (Lipinski definition) is 3. The lowest BCUT2D eigenvalue weighted by atomic mass is 10.3. The van der Waals surface area contributed by atoms with Crippen LogP contribution >= 0.6 is 23.5 Å². The Morgan fingerprint density at radius 3 is 2.47 bits per heavy atom. The number of carbonyl (C=O) groups excluding carboxylic acids is 1. The van der Waals surface area contributed by atoms with Gasteiger partial charge in [-0.3, -0.25) is 15.0 Å². The van der Waals surface area contributed by atoms with Crippen molar-refractivity contribution in [1.29, 1.82) is 5.41 Å². The third-order valence-corrected chi connectivity index (χ3v) is 4.43. The molecule has 0 rings (SSSR count). The Balaban J connectivity index is 3.91. The van der Waals surface area contributed by atoms with Crippen LogP contribution in [0, 0.1) is 5.41 Å². The van der Waals surface area contributed by atoms with E-state index < -0.39 is 11.2 Å². The van der Waals surface area contributed by atoms with E-state index in [-0.39, 0.29) is 12.3 Å². The van der Waals surface area contributed by atoms with Gasteiger partial charge in [-0.2, -0.15) is 0 Å². The largest absolute Gasteiger partial charge is 0.480 e. The van der Waals surface area contributed by atoms with E-state index in [2.05, 4.69) is 5.32 Å². The first-order valence-electron chi connectivity index (χ1n) is 6.15. The van der Waals surface area contributed by atoms with Gasteiger partial charge in [0.05, 0.1) is 5.04 Å². The second-order valence-electron chi connectivity index (χ2n) is 4.27. The number of carboxylic acids is 1. The third-order valence-electron chi connectivity index (χ3n) is 2.17. The fourth-order valence-electron chi connectivity index (χ4n) is 1.29. The molecular formula is C12H22N2O3S2. The normalized spacial score (nSPS) is 12.2. The predicted molar refractivity (Wildman–Crippen MR) is 82.3 cm³/mol. The van der Waals surface area contributed by atoms with Crippen LogP contribution in [-0.4, -0.2) is 45.3 Å². The fraction of sp³-hybridized carbons (Fsp3) is 0.750. The molecule has 5 nitrogen and oxygen atoms in total. The molecule has 0 spiro atoms. The van der Waals surface area contributed by atoms with Crippen LogP contribution < -0.4 is 5.32 Å². The van der Waals surface area contributed by atoms with Crippen molar-refractivity contribution in [1.82, 2.24) is 5.32 Å². The molecule has 3 N–H and O–H groups in total. The fourth-order valence-corrected chi connectivity index (χ4v) is 3.13. The van der Waals surface area contributed by atoms with Crippen molar-refractivity contribution in [2.24, 2.45) is 0 Å². The van der Waals surface area contributed by atoms with Crippen LogP contribution in [0.2, 0.25) is 0 Å². The first-order valence-corrected chi connectivity index (χ1v) is 8.08. The molecule has 0 saturated heterocycles. The van der Waals surface area contributed by atoms with Gasteiger partial charge < -0.3 is 10.4 Å². The molecule has 19 heavy (non-hydrogen) atoms. The van der Waals surface area contributed by atoms with Gasteiger partial charge in [-0.25, -0.2) is 0 Å². The zero-order valence-electron chi connectivity index (χ0n) is 11.6. The number of amides is 1. The van der Waals surface area contributed by atoms with E-state index in [0.29, 0.717) is 22.5 Å². The second-order valence-corrected chi connectivity index (χ2v) is 7.25. The van der Waals surface area contributed by atoms with Crippen LogP contribution in [0.1, 0.15) is 33.1 Å². The summed E-state index contributed by atoms with van der Waals surface area (Å²) in [6, 6.07) is 0. The predicted octanol–water partition coefficient (Wildman–Crippen LogP) is 2.21. The lowest BCUT2D eigenvalue weighted by molar-refractivity contribution is -0.138. The van der Waals surface area contributed by atoms with Gasteiger partial charge in [-0.1, -0.05) is 13.8 Å². The Morgan fingerprint density at radius 2 is 2.00 bits per heavy atom. The summed E-state index contributed by atoms with van der Waals surface area (Å²) < 4.78 is 0. The molecule has 0 aliphatic carbocycles. The number of nitrogens with one attached hydrogen (secondary N) is 2. The summed E-state index contributed by atoms with van der Waals surface area (Å²) in [5.74, 6) is -0.571. The van der Waals surface area contributed by atoms with Crippen LogP contribution in [0.15, 0.2) is 0 Å². The quantitative estimate of drug-likeness (QED) is 0.345. The van der Waals surface area contributed by atoms with Crippen LogP contribution in [0.3, 0.4) is 0 Å². The van der Waals surface area contributed by atoms with Crippen LogP contribution in [-0.2, 0) is 9.59 Å². The molecule has 0 aromatic heterocycles. The lowest BCUT2D eigenvalue weighted by Crippen LogP contribution is -2.27. The van der Waals surface area contributed by atoms with E-state index in [9.17, 15) is 9.59 Å². The molecule has 0 bridgehead atoms. The van der Waals surface area contributed by atoms with Crippen LogP contribution in [0.4, 0.5) is 0 Å². The van der Waals surface area contributed by atoms with E-state index in [4.69, 9.17) is 10.5 Å². The Kier molecular flexibility index (Phi) is 9.77. The minimum absolute atomic E-state index is 0.00527. The third kappa shape index (κ3) is 9.84. The number of thioether (sulfide) groups is 2. The number of aliphatic carboxylic acids is 1. The molecule has 0 aromatic carbocycles. The van der Waals surface area contributed by atoms with Crippen molar-refractivity contribution in [3.05, 3.63) is 0 Å². The summed E-state index contributed by atoms with van der Waals surface area (Å²) in [6.45, 7) is 4.08. The van der Waals surface area contributed by atoms with Crippen molar-refractivity contribution < 1.29 is 14.7 Å². The highest BCUT2D eigenvalue weighted by Crippen LogP contribution is 2.19. The SMILES string of the molecule is CNC(=O)CC(SCCCC(=N)SC(C)C)C(=O)O. The topological polar surface area (TPSA) is 90.3 Å². The van der Waals surface area contributed by atoms with E-state index >= 15 is 0 Å². The molecule has 0 fully saturated rings. The summed E-state index contributed by atoms with van der Waals surface area (Å²) in [6.07, 6.45) is 1.43. The highest BCUT2D eigenvalue weighted by molar-refractivity contribution is 8.14. The molecule has 0 aliphatic heterocycles. The number of rotatable bonds is 9. The standard InChI is InChI=1S/C12H22N2O3S2/c1-8(2)19-10(13)5-4-6-18-9(12(16)17)7-11(15)14-3/h8-9,13H,4-7H2,1-3H3,(H,14,15)(H,16,17). The number of carbonyl (C=O) groups is 2. The van der Waals surface area contributed by atoms with Gasteiger partial charge in [0.1, 0.15) is 5.25 Å². The first kappa shape index (κ1) is 18.3. The average molecular weight is 306 g/mol. The minimum Gasteiger partial charge on any atom is -0.480 e. The summed E-state index contributed by atoms with van der Waals surface area (Å²) in [5.41, 5.74) is 0. The molecule has 0 aliphatic rings. The maximum Gasteiger partial charge on any atom is 0.317 e. The lowest BCUT2D eigenvalue weighted by Gasteiger charge is -2.11. The average Bonchev–Trinajstić information content (AvgIpc) is 2.31. The zero-order chi connectivity index (χ0) is 14.8. The van der Waals surface area contributed by atoms with Crippen LogP contribution in [0.25, 0.3) is 0 Å². The maximum absolute atomic E-state index is 11.2. The van der Waals surface area contributed by atoms with Crippen molar-refractivity contribution in [2.75, 3.05) is 12.8 Å². The molecule has 0 radical (unpaired) electrons. The molecule has 0 aromatic rings. The summed E-state index contributed by atoms with van der Waals surface area (Å²) >= 11 is 2.80. The van der Waals surface area contributed by atoms with E-state index in [1.54, 1.807) is 0 Å². The van der Waals surface area contributed by atoms with Gasteiger partial charge in [0.25, 0.3) is 0 Å². The number of hydrogen-bond acceptors (Lipinski definition) is 5. The summed E-state index contributed by atoms with van der Waals surface area (Å²) in [5, 5.41) is 19.5. The molecule has 1 amide bonds. The Labute approximate surface area is 122 Å². The minimum atomic E-state index is -0.958. The second kappa shape index (κ2) is 10.1. The highest BCUT2D eigenvalue weighted by Gasteiger charge is 2.20. The van der Waals surface area contributed by atoms with Gasteiger partial charge in [0.15, 0.2) is 0 Å². The molecule has 110 valence electrons. The monoisotopic (exact) mass is 306 g/mol. The van der Waals surface area contributed by atoms with Crippen molar-refractivity contribution in [3.63, 3.8) is 0 Å². The maximum atomic E-state index is 11.2. The Morgan fingerprint density at radius 1 is 1.37 bits per heavy atom. The Bertz CT molecular complexity index is 322. The van der Waals surface area contributed by atoms with Crippen LogP contribution in [0.5, 0.6) is 0 Å². The highest BCUT2D eigenvalue weighted by atomic mass is 32.2. The van der Waals surface area contributed by atoms with Gasteiger partial charge in [-0.05, 0) is 18.6 Å². The van der Waals surface area contributed by atoms with E-state index in [0.717, 1.165) is 6.42 Å². The van der Waals surface area contributed by atoms with Gasteiger partial charge in [0, 0.05) is 18.7 Å². The summed E-state index contributed by atoms with van der Waals surface area (Å²) in [4.78, 5) is 22.1. The Hall–Kier alpha value is -0.690.